The number of aryl methyl sites for hydroxylation is 1. The highest BCUT2D eigenvalue weighted by atomic mass is 32.1. The molecule has 1 aliphatic rings. The van der Waals surface area contributed by atoms with Crippen LogP contribution in [0.1, 0.15) is 47.7 Å². The number of Topliss-reactive ketones (excluding diaryl/α,β-unsaturated/α-hetero) is 1. The summed E-state index contributed by atoms with van der Waals surface area (Å²) in [4.78, 5) is 16.6. The first kappa shape index (κ1) is 13.8. The van der Waals surface area contributed by atoms with Gasteiger partial charge in [-0.2, -0.15) is 0 Å². The maximum absolute atomic E-state index is 12.2. The average Bonchev–Trinajstić information content (AvgIpc) is 2.96. The lowest BCUT2D eigenvalue weighted by Gasteiger charge is -2.26. The minimum absolute atomic E-state index is 0.288. The van der Waals surface area contributed by atoms with Gasteiger partial charge in [-0.15, -0.1) is 11.3 Å². The maximum atomic E-state index is 12.2. The third-order valence-electron chi connectivity index (χ3n) is 4.40. The van der Waals surface area contributed by atoms with Crippen molar-refractivity contribution in [3.63, 3.8) is 0 Å². The molecule has 0 amide bonds. The van der Waals surface area contributed by atoms with Crippen molar-refractivity contribution in [2.75, 3.05) is 19.6 Å². The van der Waals surface area contributed by atoms with Gasteiger partial charge >= 0.3 is 0 Å². The largest absolute Gasteiger partial charge is 0.295 e. The SMILES string of the molecule is CCC1(CC)CCN(CC(=O)c2ccc(C)s2)C1. The van der Waals surface area contributed by atoms with E-state index in [1.54, 1.807) is 11.3 Å². The molecular weight excluding hydrogens is 242 g/mol. The smallest absolute Gasteiger partial charge is 0.186 e. The van der Waals surface area contributed by atoms with Crippen LogP contribution in [0.5, 0.6) is 0 Å². The predicted octanol–water partition coefficient (Wildman–Crippen LogP) is 3.75. The van der Waals surface area contributed by atoms with Crippen LogP contribution in [0.3, 0.4) is 0 Å². The van der Waals surface area contributed by atoms with Crippen LogP contribution >= 0.6 is 11.3 Å². The molecule has 0 aromatic carbocycles. The summed E-state index contributed by atoms with van der Waals surface area (Å²) in [6.45, 7) is 9.38. The van der Waals surface area contributed by atoms with Gasteiger partial charge in [-0.25, -0.2) is 0 Å². The molecule has 3 heteroatoms. The molecular formula is C15H23NOS. The second-order valence-electron chi connectivity index (χ2n) is 5.50. The van der Waals surface area contributed by atoms with Gasteiger partial charge in [0.25, 0.3) is 0 Å². The van der Waals surface area contributed by atoms with Gasteiger partial charge in [0.2, 0.25) is 0 Å². The number of hydrogen-bond acceptors (Lipinski definition) is 3. The van der Waals surface area contributed by atoms with Crippen LogP contribution in [-0.2, 0) is 0 Å². The van der Waals surface area contributed by atoms with Crippen LogP contribution in [-0.4, -0.2) is 30.3 Å². The van der Waals surface area contributed by atoms with E-state index in [2.05, 4.69) is 25.7 Å². The summed E-state index contributed by atoms with van der Waals surface area (Å²) in [6, 6.07) is 4.00. The number of likely N-dealkylation sites (tertiary alicyclic amines) is 1. The lowest BCUT2D eigenvalue weighted by molar-refractivity contribution is 0.0940. The Hall–Kier alpha value is -0.670. The molecule has 0 N–H and O–H groups in total. The first-order valence-electron chi connectivity index (χ1n) is 6.90. The summed E-state index contributed by atoms with van der Waals surface area (Å²) in [5, 5.41) is 0. The lowest BCUT2D eigenvalue weighted by Crippen LogP contribution is -2.30. The van der Waals surface area contributed by atoms with Crippen molar-refractivity contribution in [3.8, 4) is 0 Å². The molecule has 18 heavy (non-hydrogen) atoms. The van der Waals surface area contributed by atoms with Crippen molar-refractivity contribution >= 4 is 17.1 Å². The van der Waals surface area contributed by atoms with Gasteiger partial charge in [0.1, 0.15) is 0 Å². The zero-order valence-electron chi connectivity index (χ0n) is 11.7. The Balaban J connectivity index is 1.94. The van der Waals surface area contributed by atoms with Crippen LogP contribution < -0.4 is 0 Å². The molecule has 0 radical (unpaired) electrons. The highest BCUT2D eigenvalue weighted by Gasteiger charge is 2.35. The Morgan fingerprint density at radius 1 is 1.39 bits per heavy atom. The van der Waals surface area contributed by atoms with Crippen molar-refractivity contribution in [3.05, 3.63) is 21.9 Å². The summed E-state index contributed by atoms with van der Waals surface area (Å²) in [5.41, 5.74) is 0.464. The van der Waals surface area contributed by atoms with Crippen molar-refractivity contribution in [2.45, 2.75) is 40.0 Å². The fourth-order valence-electron chi connectivity index (χ4n) is 2.86. The van der Waals surface area contributed by atoms with Gasteiger partial charge in [-0.05, 0) is 50.3 Å². The monoisotopic (exact) mass is 265 g/mol. The molecule has 1 aromatic rings. The molecule has 0 bridgehead atoms. The van der Waals surface area contributed by atoms with Gasteiger partial charge in [-0.1, -0.05) is 13.8 Å². The van der Waals surface area contributed by atoms with Crippen LogP contribution in [0.15, 0.2) is 12.1 Å². The predicted molar refractivity (Wildman–Crippen MR) is 77.5 cm³/mol. The summed E-state index contributed by atoms with van der Waals surface area (Å²) in [6.07, 6.45) is 3.70. The molecule has 1 aromatic heterocycles. The first-order valence-corrected chi connectivity index (χ1v) is 7.72. The van der Waals surface area contributed by atoms with Gasteiger partial charge in [0.15, 0.2) is 5.78 Å². The van der Waals surface area contributed by atoms with E-state index in [-0.39, 0.29) is 5.78 Å². The standard InChI is InChI=1S/C15H23NOS/c1-4-15(5-2)8-9-16(11-15)10-13(17)14-7-6-12(3)18-14/h6-7H,4-5,8-11H2,1-3H3. The number of ketones is 1. The minimum Gasteiger partial charge on any atom is -0.295 e. The minimum atomic E-state index is 0.288. The number of thiophene rings is 1. The average molecular weight is 265 g/mol. The van der Waals surface area contributed by atoms with Crippen molar-refractivity contribution < 1.29 is 4.79 Å². The summed E-state index contributed by atoms with van der Waals surface area (Å²) < 4.78 is 0. The summed E-state index contributed by atoms with van der Waals surface area (Å²) in [5.74, 6) is 0.288. The number of carbonyl (C=O) groups is 1. The quantitative estimate of drug-likeness (QED) is 0.756. The third-order valence-corrected chi connectivity index (χ3v) is 5.44. The van der Waals surface area contributed by atoms with E-state index in [4.69, 9.17) is 0 Å². The molecule has 0 spiro atoms. The first-order chi connectivity index (χ1) is 8.58. The highest BCUT2D eigenvalue weighted by molar-refractivity contribution is 7.14. The Bertz CT molecular complexity index is 420. The Morgan fingerprint density at radius 3 is 2.61 bits per heavy atom. The molecule has 2 heterocycles. The van der Waals surface area contributed by atoms with Crippen molar-refractivity contribution in [1.82, 2.24) is 4.90 Å². The molecule has 1 fully saturated rings. The summed E-state index contributed by atoms with van der Waals surface area (Å²) in [7, 11) is 0. The van der Waals surface area contributed by atoms with Crippen LogP contribution in [0.2, 0.25) is 0 Å². The second-order valence-corrected chi connectivity index (χ2v) is 6.79. The van der Waals surface area contributed by atoms with Crippen molar-refractivity contribution in [2.24, 2.45) is 5.41 Å². The zero-order chi connectivity index (χ0) is 13.2. The molecule has 0 unspecified atom stereocenters. The number of nitrogens with zero attached hydrogens (tertiary/aromatic N) is 1. The second kappa shape index (κ2) is 5.54. The highest BCUT2D eigenvalue weighted by Crippen LogP contribution is 2.36. The number of hydrogen-bond donors (Lipinski definition) is 0. The molecule has 0 aliphatic carbocycles. The molecule has 1 aliphatic heterocycles. The number of carbonyl (C=O) groups excluding carboxylic acids is 1. The zero-order valence-corrected chi connectivity index (χ0v) is 12.5. The maximum Gasteiger partial charge on any atom is 0.186 e. The molecule has 0 saturated carbocycles. The van der Waals surface area contributed by atoms with E-state index in [1.165, 1.54) is 24.1 Å². The fraction of sp³-hybridized carbons (Fsp3) is 0.667. The molecule has 0 atom stereocenters. The van der Waals surface area contributed by atoms with Crippen LogP contribution in [0, 0.1) is 12.3 Å². The van der Waals surface area contributed by atoms with E-state index < -0.39 is 0 Å². The van der Waals surface area contributed by atoms with E-state index in [0.717, 1.165) is 18.0 Å². The Kier molecular flexibility index (Phi) is 4.23. The van der Waals surface area contributed by atoms with E-state index >= 15 is 0 Å². The van der Waals surface area contributed by atoms with Crippen LogP contribution in [0.25, 0.3) is 0 Å². The van der Waals surface area contributed by atoms with E-state index in [1.807, 2.05) is 12.1 Å². The van der Waals surface area contributed by atoms with Gasteiger partial charge in [0.05, 0.1) is 11.4 Å². The Labute approximate surface area is 114 Å². The lowest BCUT2D eigenvalue weighted by atomic mass is 9.82. The molecule has 2 rings (SSSR count). The van der Waals surface area contributed by atoms with Crippen LogP contribution in [0.4, 0.5) is 0 Å². The topological polar surface area (TPSA) is 20.3 Å². The summed E-state index contributed by atoms with van der Waals surface area (Å²) >= 11 is 1.61. The fourth-order valence-corrected chi connectivity index (χ4v) is 3.65. The van der Waals surface area contributed by atoms with E-state index in [9.17, 15) is 4.79 Å². The normalized spacial score (nSPS) is 19.3. The molecule has 1 saturated heterocycles. The van der Waals surface area contributed by atoms with Crippen molar-refractivity contribution in [1.29, 1.82) is 0 Å². The molecule has 2 nitrogen and oxygen atoms in total. The van der Waals surface area contributed by atoms with Gasteiger partial charge in [-0.3, -0.25) is 9.69 Å². The number of rotatable bonds is 5. The van der Waals surface area contributed by atoms with Gasteiger partial charge < -0.3 is 0 Å². The third kappa shape index (κ3) is 2.83. The molecule has 100 valence electrons. The Morgan fingerprint density at radius 2 is 2.11 bits per heavy atom. The van der Waals surface area contributed by atoms with Gasteiger partial charge in [0, 0.05) is 11.4 Å². The van der Waals surface area contributed by atoms with E-state index in [0.29, 0.717) is 12.0 Å².